The zero-order valence-corrected chi connectivity index (χ0v) is 79.8. The summed E-state index contributed by atoms with van der Waals surface area (Å²) in [4.78, 5) is 84.5. The average Bonchev–Trinajstić information content (AvgIpc) is 1.68. The molecule has 0 unspecified atom stereocenters. The molecule has 11 N–H and O–H groups in total. The number of aromatic nitrogens is 12. The molecule has 714 valence electrons. The number of carbonyl (C=O) groups excluding carboxylic acids is 6. The number of rotatable bonds is 29. The van der Waals surface area contributed by atoms with Gasteiger partial charge in [-0.05, 0) is 257 Å². The first kappa shape index (κ1) is 101. The van der Waals surface area contributed by atoms with Crippen molar-refractivity contribution >= 4 is 53.1 Å². The van der Waals surface area contributed by atoms with Crippen molar-refractivity contribution in [3.05, 3.63) is 315 Å². The molecule has 5 aliphatic carbocycles. The minimum atomic E-state index is -0.357. The summed E-state index contributed by atoms with van der Waals surface area (Å²) in [6, 6.07) is 43.9. The maximum Gasteiger partial charge on any atom is 0.288 e. The number of aryl methyl sites for hydroxylation is 11. The van der Waals surface area contributed by atoms with E-state index in [1.807, 2.05) is 121 Å². The van der Waals surface area contributed by atoms with E-state index in [1.54, 1.807) is 84.4 Å². The summed E-state index contributed by atoms with van der Waals surface area (Å²) in [6.45, 7) is 24.7. The molecular formula is C103H126ClF3N20O8. The molecular weight excluding hydrogens is 1740 g/mol. The Labute approximate surface area is 791 Å². The lowest BCUT2D eigenvalue weighted by atomic mass is 9.85. The molecule has 6 aromatic carbocycles. The average molecular weight is 1860 g/mol. The first-order valence-corrected chi connectivity index (χ1v) is 46.8. The quantitative estimate of drug-likeness (QED) is 0.0195. The molecule has 4 fully saturated rings. The van der Waals surface area contributed by atoms with Crippen LogP contribution in [0.25, 0.3) is 6.08 Å². The lowest BCUT2D eigenvalue weighted by molar-refractivity contribution is 0.0536. The van der Waals surface area contributed by atoms with Gasteiger partial charge in [-0.2, -0.15) is 30.6 Å². The van der Waals surface area contributed by atoms with E-state index >= 15 is 0 Å². The highest BCUT2D eigenvalue weighted by Gasteiger charge is 2.33. The zero-order valence-electron chi connectivity index (χ0n) is 79.0. The van der Waals surface area contributed by atoms with Crippen LogP contribution in [-0.4, -0.2) is 188 Å². The predicted octanol–water partition coefficient (Wildman–Crippen LogP) is 17.6. The van der Waals surface area contributed by atoms with Gasteiger partial charge in [0.25, 0.3) is 35.4 Å². The Morgan fingerprint density at radius 1 is 0.415 bits per heavy atom. The van der Waals surface area contributed by atoms with E-state index in [0.717, 1.165) is 136 Å². The number of aliphatic hydroxyl groups excluding tert-OH is 1. The molecule has 6 amide bonds. The Morgan fingerprint density at radius 3 is 1.19 bits per heavy atom. The zero-order chi connectivity index (χ0) is 96.5. The molecule has 17 rings (SSSR count). The first-order valence-electron chi connectivity index (χ1n) is 46.4. The lowest BCUT2D eigenvalue weighted by Gasteiger charge is -2.33. The number of nitrogens with two attached hydrogens (primary N) is 1. The summed E-state index contributed by atoms with van der Waals surface area (Å²) < 4.78 is 42.0. The number of aliphatic hydroxyl groups is 1. The molecule has 4 saturated carbocycles. The van der Waals surface area contributed by atoms with Crippen molar-refractivity contribution in [1.82, 2.24) is 96.1 Å². The third-order valence-corrected chi connectivity index (χ3v) is 25.1. The van der Waals surface area contributed by atoms with Crippen LogP contribution in [0.2, 0.25) is 5.02 Å². The minimum absolute atomic E-state index is 0.0297. The Kier molecular flexibility index (Phi) is 36.0. The van der Waals surface area contributed by atoms with Crippen LogP contribution in [0.15, 0.2) is 152 Å². The van der Waals surface area contributed by atoms with Crippen molar-refractivity contribution in [2.24, 2.45) is 17.6 Å². The van der Waals surface area contributed by atoms with Crippen LogP contribution in [0.4, 0.5) is 13.2 Å². The smallest absolute Gasteiger partial charge is 0.288 e. The monoisotopic (exact) mass is 1860 g/mol. The van der Waals surface area contributed by atoms with Crippen LogP contribution in [0.3, 0.4) is 0 Å². The highest BCUT2D eigenvalue weighted by atomic mass is 35.5. The molecule has 0 radical (unpaired) electrons. The number of hydrazine groups is 1. The second-order valence-electron chi connectivity index (χ2n) is 36.1. The lowest BCUT2D eigenvalue weighted by Crippen LogP contribution is -2.50. The van der Waals surface area contributed by atoms with Crippen LogP contribution < -0.4 is 11.2 Å². The fraction of sp³-hybridized carbons (Fsp3) is 0.398. The van der Waals surface area contributed by atoms with Crippen LogP contribution >= 0.6 is 11.6 Å². The van der Waals surface area contributed by atoms with Crippen molar-refractivity contribution in [1.29, 1.82) is 0 Å². The van der Waals surface area contributed by atoms with Gasteiger partial charge in [-0.25, -0.2) is 18.6 Å². The maximum absolute atomic E-state index is 14.2. The molecule has 5 aliphatic rings. The fourth-order valence-electron chi connectivity index (χ4n) is 16.5. The Hall–Kier alpha value is -13.1. The summed E-state index contributed by atoms with van der Waals surface area (Å²) in [7, 11) is 0. The number of nitrogens with zero attached hydrogens (tertiary/aromatic N) is 12. The van der Waals surface area contributed by atoms with E-state index in [0.29, 0.717) is 102 Å². The Morgan fingerprint density at radius 2 is 0.793 bits per heavy atom. The number of hydrogen-bond acceptors (Lipinski definition) is 16. The molecule has 0 atom stereocenters. The third kappa shape index (κ3) is 28.3. The predicted molar refractivity (Wildman–Crippen MR) is 514 cm³/mol. The molecule has 0 bridgehead atoms. The fourth-order valence-corrected chi connectivity index (χ4v) is 16.8. The number of carbonyl (C=O) groups is 6. The van der Waals surface area contributed by atoms with Gasteiger partial charge in [0.15, 0.2) is 5.69 Å². The summed E-state index contributed by atoms with van der Waals surface area (Å²) >= 11 is 6.35. The van der Waals surface area contributed by atoms with Crippen LogP contribution in [0, 0.1) is 105 Å². The van der Waals surface area contributed by atoms with Crippen molar-refractivity contribution in [2.75, 3.05) is 39.3 Å². The Balaban J connectivity index is 0.000000146. The van der Waals surface area contributed by atoms with E-state index in [-0.39, 0.29) is 96.6 Å². The SMILES string of the molecule is Cc1cc(C(=O)N(Cc2cccc(C)c2O)CC2CCC2)n[nH]1.Cc1cc(C(=O)N(Cc2cccc3c2C=CC3)NC2CCC2)n[nH]1.Cc1ccc(CN(C(=O)c2cc(C)[nH]n2)C2CCCC2)c(F)c1.Cc1ccc(CN(CC2CCC2)C(=O)c2cc(C)[nH]n2)c(Cl)c1.Cc1ccc(CN(CCN)C(=O)c2cc(C)[nH]n2)c(F)c1.Cc1ccc(CN(CCO)C(=O)c2cc(C)[nH]n2)c(F)c1. The van der Waals surface area contributed by atoms with Crippen LogP contribution in [0.1, 0.15) is 253 Å². The summed E-state index contributed by atoms with van der Waals surface area (Å²) in [5.74, 6) is -0.400. The molecule has 0 spiro atoms. The van der Waals surface area contributed by atoms with Gasteiger partial charge in [-0.15, -0.1) is 0 Å². The maximum atomic E-state index is 14.2. The number of nitrogens with one attached hydrogen (secondary N) is 7. The second kappa shape index (κ2) is 48.2. The van der Waals surface area contributed by atoms with Gasteiger partial charge in [-0.3, -0.25) is 64.4 Å². The molecule has 6 aromatic heterocycles. The van der Waals surface area contributed by atoms with Crippen molar-refractivity contribution in [3.8, 4) is 5.75 Å². The molecule has 28 nitrogen and oxygen atoms in total. The first-order chi connectivity index (χ1) is 64.8. The van der Waals surface area contributed by atoms with Crippen LogP contribution in [0.5, 0.6) is 5.75 Å². The molecule has 12 aromatic rings. The number of phenolic OH excluding ortho intramolecular Hbond substituents is 1. The molecule has 135 heavy (non-hydrogen) atoms. The van der Waals surface area contributed by atoms with E-state index in [4.69, 9.17) is 22.4 Å². The summed E-state index contributed by atoms with van der Waals surface area (Å²) in [5.41, 5.74) is 27.8. The number of aromatic hydroxyl groups is 1. The number of amides is 6. The Bertz CT molecular complexity index is 5940. The number of para-hydroxylation sites is 1. The highest BCUT2D eigenvalue weighted by Crippen LogP contribution is 2.34. The number of H-pyrrole nitrogens is 6. The molecule has 0 aliphatic heterocycles. The van der Waals surface area contributed by atoms with E-state index < -0.39 is 0 Å². The highest BCUT2D eigenvalue weighted by molar-refractivity contribution is 6.31. The number of halogens is 4. The van der Waals surface area contributed by atoms with E-state index in [1.165, 1.54) is 89.6 Å². The molecule has 0 saturated heterocycles. The normalized spacial score (nSPS) is 13.7. The van der Waals surface area contributed by atoms with Gasteiger partial charge in [-0.1, -0.05) is 141 Å². The second-order valence-corrected chi connectivity index (χ2v) is 36.5. The summed E-state index contributed by atoms with van der Waals surface area (Å²) in [6.07, 6.45) is 20.2. The third-order valence-electron chi connectivity index (χ3n) is 24.8. The standard InChI is InChI=1S/C19H22N4O.C18H22ClN3O.C18H22FN3O.C18H23N3O2.C15H19FN4O.C15H18FN3O2/c1-13-11-18(21-20-13)19(24)23(22-16-8-4-9-16)12-15-7-2-5-14-6-3-10-17(14)15;1-12-6-7-15(16(19)8-12)11-22(10-14-4-3-5-14)18(23)17-9-13(2)20-21-17;1-12-7-8-14(16(19)9-12)11-22(15-5-3-4-6-15)18(23)17-10-13(2)20-21-17;1-12-5-3-8-15(17(12)22)11-21(10-14-6-4-7-14)18(23)16-9-13(2)19-20-16;1-10-3-4-12(13(16)7-10)9-20(6-5-17)15(21)14-8-11(2)18-19-14;1-10-3-4-12(13(16)7-10)9-19(5-6-20)15(21)14-8-11(2)17-18-14/h2-3,5,7,10-11,16,22H,4,6,8-9,12H2,1H3,(H,20,21);6-9,14H,3-5,10-11H2,1-2H3,(H,20,21);7-10,15H,3-6,11H2,1-2H3,(H,20,21);3,5,8-9,14,22H,4,6-7,10-11H2,1-2H3,(H,19,20);3-4,7-8H,5-6,9,17H2,1-2H3,(H,18,19);3-4,7-8,20H,5-6,9H2,1-2H3,(H,17,18). The van der Waals surface area contributed by atoms with Crippen molar-refractivity contribution in [3.63, 3.8) is 0 Å². The number of phenols is 1. The van der Waals surface area contributed by atoms with Gasteiger partial charge >= 0.3 is 0 Å². The minimum Gasteiger partial charge on any atom is -0.507 e. The molecule has 6 heterocycles. The van der Waals surface area contributed by atoms with Gasteiger partial charge in [0.05, 0.1) is 13.2 Å². The topological polar surface area (TPSA) is 372 Å². The number of fused-ring (bicyclic) bond motifs is 1. The van der Waals surface area contributed by atoms with Crippen LogP contribution in [-0.2, 0) is 45.7 Å². The van der Waals surface area contributed by atoms with Gasteiger partial charge in [0.1, 0.15) is 51.7 Å². The molecule has 32 heteroatoms. The van der Waals surface area contributed by atoms with Gasteiger partial charge < -0.3 is 40.4 Å². The van der Waals surface area contributed by atoms with Crippen molar-refractivity contribution in [2.45, 2.75) is 217 Å². The van der Waals surface area contributed by atoms with E-state index in [2.05, 4.69) is 97.0 Å². The summed E-state index contributed by atoms with van der Waals surface area (Å²) in [5, 5.41) is 62.8. The number of benzene rings is 6. The van der Waals surface area contributed by atoms with Gasteiger partial charge in [0.2, 0.25) is 0 Å². The number of allylic oxidation sites excluding steroid dienone is 1. The van der Waals surface area contributed by atoms with Crippen molar-refractivity contribution < 1.29 is 52.2 Å². The largest absolute Gasteiger partial charge is 0.507 e. The van der Waals surface area contributed by atoms with Gasteiger partial charge in [0, 0.05) is 139 Å². The number of hydrogen-bond donors (Lipinski definition) is 10. The number of aromatic amines is 6. The van der Waals surface area contributed by atoms with E-state index in [9.17, 15) is 47.0 Å².